The minimum Gasteiger partial charge on any atom is -0.487 e. The number of hydrogen-bond acceptors (Lipinski definition) is 4. The summed E-state index contributed by atoms with van der Waals surface area (Å²) in [5.41, 5.74) is 0.332. The van der Waals surface area contributed by atoms with E-state index in [1.165, 1.54) is 18.5 Å². The molecule has 1 fully saturated rings. The highest BCUT2D eigenvalue weighted by atomic mass is 19.1. The molecular weight excluding hydrogens is 349 g/mol. The zero-order valence-corrected chi connectivity index (χ0v) is 15.6. The van der Waals surface area contributed by atoms with E-state index in [2.05, 4.69) is 15.4 Å². The number of carbonyl (C=O) groups is 1. The molecule has 1 aromatic heterocycles. The largest absolute Gasteiger partial charge is 0.487 e. The number of nitrogens with zero attached hydrogens (tertiary/aromatic N) is 4. The number of hydrogen-bond donors (Lipinski definition) is 1. The molecule has 2 aliphatic rings. The van der Waals surface area contributed by atoms with Crippen molar-refractivity contribution in [2.75, 3.05) is 13.1 Å². The van der Waals surface area contributed by atoms with Gasteiger partial charge in [-0.05, 0) is 32.8 Å². The maximum absolute atomic E-state index is 13.6. The standard InChI is InChI=1S/C19H24FN5O2/c1-19(2)9-16(15-6-5-13(20)8-17(15)27-19)23-18(26)24-7-3-4-14(10-24)25-12-21-11-22-25/h5-6,8,11-12,14,16H,3-4,7,9-10H2,1-2H3,(H,23,26). The van der Waals surface area contributed by atoms with Gasteiger partial charge in [-0.1, -0.05) is 6.07 Å². The number of carbonyl (C=O) groups excluding carboxylic acids is 1. The number of fused-ring (bicyclic) bond motifs is 1. The summed E-state index contributed by atoms with van der Waals surface area (Å²) in [5, 5.41) is 7.33. The van der Waals surface area contributed by atoms with Gasteiger partial charge in [-0.25, -0.2) is 18.9 Å². The fourth-order valence-electron chi connectivity index (χ4n) is 3.96. The van der Waals surface area contributed by atoms with Gasteiger partial charge in [0.05, 0.1) is 12.1 Å². The van der Waals surface area contributed by atoms with E-state index in [4.69, 9.17) is 4.74 Å². The molecule has 0 aliphatic carbocycles. The highest BCUT2D eigenvalue weighted by molar-refractivity contribution is 5.75. The van der Waals surface area contributed by atoms with Crippen molar-refractivity contribution >= 4 is 6.03 Å². The second kappa shape index (κ2) is 6.83. The van der Waals surface area contributed by atoms with Crippen LogP contribution in [0, 0.1) is 5.82 Å². The molecule has 7 nitrogen and oxygen atoms in total. The van der Waals surface area contributed by atoms with Gasteiger partial charge in [-0.15, -0.1) is 0 Å². The molecular formula is C19H24FN5O2. The summed E-state index contributed by atoms with van der Waals surface area (Å²) in [6.45, 7) is 5.20. The summed E-state index contributed by atoms with van der Waals surface area (Å²) in [7, 11) is 0. The van der Waals surface area contributed by atoms with Gasteiger partial charge in [-0.3, -0.25) is 0 Å². The van der Waals surface area contributed by atoms with Crippen molar-refractivity contribution < 1.29 is 13.9 Å². The fourth-order valence-corrected chi connectivity index (χ4v) is 3.96. The average molecular weight is 373 g/mol. The highest BCUT2D eigenvalue weighted by Gasteiger charge is 2.36. The molecule has 2 aliphatic heterocycles. The highest BCUT2D eigenvalue weighted by Crippen LogP contribution is 2.40. The van der Waals surface area contributed by atoms with Crippen LogP contribution in [-0.4, -0.2) is 44.4 Å². The van der Waals surface area contributed by atoms with E-state index >= 15 is 0 Å². The van der Waals surface area contributed by atoms with Gasteiger partial charge in [0.1, 0.15) is 29.8 Å². The number of aromatic nitrogens is 3. The molecule has 4 rings (SSSR count). The molecule has 144 valence electrons. The molecule has 2 amide bonds. The number of urea groups is 1. The average Bonchev–Trinajstić information content (AvgIpc) is 3.15. The van der Waals surface area contributed by atoms with E-state index in [9.17, 15) is 9.18 Å². The number of halogens is 1. The Kier molecular flexibility index (Phi) is 4.49. The van der Waals surface area contributed by atoms with Crippen LogP contribution in [0.3, 0.4) is 0 Å². The second-order valence-electron chi connectivity index (χ2n) is 7.87. The minimum atomic E-state index is -0.482. The number of amides is 2. The molecule has 27 heavy (non-hydrogen) atoms. The Hall–Kier alpha value is -2.64. The number of likely N-dealkylation sites (tertiary alicyclic amines) is 1. The molecule has 3 heterocycles. The summed E-state index contributed by atoms with van der Waals surface area (Å²) < 4.78 is 21.3. The van der Waals surface area contributed by atoms with Crippen molar-refractivity contribution in [3.05, 3.63) is 42.2 Å². The lowest BCUT2D eigenvalue weighted by Gasteiger charge is -2.39. The lowest BCUT2D eigenvalue weighted by molar-refractivity contribution is 0.0652. The van der Waals surface area contributed by atoms with Gasteiger partial charge in [-0.2, -0.15) is 5.10 Å². The van der Waals surface area contributed by atoms with Gasteiger partial charge < -0.3 is 15.0 Å². The van der Waals surface area contributed by atoms with Crippen LogP contribution in [0.1, 0.15) is 50.8 Å². The first kappa shape index (κ1) is 17.8. The van der Waals surface area contributed by atoms with Gasteiger partial charge >= 0.3 is 6.03 Å². The SMILES string of the molecule is CC1(C)CC(NC(=O)N2CCCC(n3cncn3)C2)c2ccc(F)cc2O1. The molecule has 0 radical (unpaired) electrons. The predicted octanol–water partition coefficient (Wildman–Crippen LogP) is 3.07. The summed E-state index contributed by atoms with van der Waals surface area (Å²) in [5.74, 6) is 0.152. The normalized spacial score (nSPS) is 24.0. The molecule has 8 heteroatoms. The van der Waals surface area contributed by atoms with Crippen LogP contribution in [0.4, 0.5) is 9.18 Å². The smallest absolute Gasteiger partial charge is 0.317 e. The van der Waals surface area contributed by atoms with E-state index < -0.39 is 5.60 Å². The topological polar surface area (TPSA) is 72.3 Å². The van der Waals surface area contributed by atoms with Crippen molar-refractivity contribution in [2.45, 2.75) is 50.8 Å². The molecule has 1 saturated heterocycles. The van der Waals surface area contributed by atoms with Crippen LogP contribution in [0.25, 0.3) is 0 Å². The van der Waals surface area contributed by atoms with E-state index in [1.54, 1.807) is 12.4 Å². The Morgan fingerprint density at radius 3 is 3.04 bits per heavy atom. The Morgan fingerprint density at radius 2 is 2.26 bits per heavy atom. The van der Waals surface area contributed by atoms with Crippen LogP contribution < -0.4 is 10.1 Å². The van der Waals surface area contributed by atoms with Crippen molar-refractivity contribution in [1.29, 1.82) is 0 Å². The van der Waals surface area contributed by atoms with Crippen molar-refractivity contribution in [3.8, 4) is 5.75 Å². The molecule has 1 N–H and O–H groups in total. The number of benzene rings is 1. The quantitative estimate of drug-likeness (QED) is 0.878. The number of rotatable bonds is 2. The minimum absolute atomic E-state index is 0.113. The number of piperidine rings is 1. The summed E-state index contributed by atoms with van der Waals surface area (Å²) in [6.07, 6.45) is 5.72. The van der Waals surface area contributed by atoms with E-state index in [-0.39, 0.29) is 23.9 Å². The number of ether oxygens (including phenoxy) is 1. The molecule has 2 atom stereocenters. The van der Waals surface area contributed by atoms with Crippen LogP contribution in [-0.2, 0) is 0 Å². The number of nitrogens with one attached hydrogen (secondary N) is 1. The first-order valence-electron chi connectivity index (χ1n) is 9.29. The van der Waals surface area contributed by atoms with Crippen molar-refractivity contribution in [2.24, 2.45) is 0 Å². The Balaban J connectivity index is 1.49. The van der Waals surface area contributed by atoms with Gasteiger partial charge in [0.15, 0.2) is 0 Å². The van der Waals surface area contributed by atoms with Gasteiger partial charge in [0, 0.05) is 31.1 Å². The maximum Gasteiger partial charge on any atom is 0.317 e. The van der Waals surface area contributed by atoms with E-state index in [0.29, 0.717) is 25.3 Å². The van der Waals surface area contributed by atoms with Crippen LogP contribution in [0.2, 0.25) is 0 Å². The molecule has 2 aromatic rings. The third-order valence-corrected chi connectivity index (χ3v) is 5.23. The summed E-state index contributed by atoms with van der Waals surface area (Å²) in [6, 6.07) is 4.29. The molecule has 0 saturated carbocycles. The van der Waals surface area contributed by atoms with E-state index in [1.807, 2.05) is 23.4 Å². The Labute approximate surface area is 157 Å². The first-order valence-corrected chi connectivity index (χ1v) is 9.29. The summed E-state index contributed by atoms with van der Waals surface area (Å²) >= 11 is 0. The second-order valence-corrected chi connectivity index (χ2v) is 7.87. The lowest BCUT2D eigenvalue weighted by Crippen LogP contribution is -2.49. The zero-order valence-electron chi connectivity index (χ0n) is 15.6. The van der Waals surface area contributed by atoms with Gasteiger partial charge in [0.25, 0.3) is 0 Å². The van der Waals surface area contributed by atoms with Crippen molar-refractivity contribution in [1.82, 2.24) is 25.0 Å². The molecule has 2 unspecified atom stereocenters. The predicted molar refractivity (Wildman–Crippen MR) is 96.9 cm³/mol. The van der Waals surface area contributed by atoms with Crippen LogP contribution >= 0.6 is 0 Å². The lowest BCUT2D eigenvalue weighted by atomic mass is 9.89. The van der Waals surface area contributed by atoms with Crippen LogP contribution in [0.15, 0.2) is 30.9 Å². The summed E-state index contributed by atoms with van der Waals surface area (Å²) in [4.78, 5) is 18.7. The van der Waals surface area contributed by atoms with Gasteiger partial charge in [0.2, 0.25) is 0 Å². The zero-order chi connectivity index (χ0) is 19.0. The van der Waals surface area contributed by atoms with E-state index in [0.717, 1.165) is 18.4 Å². The maximum atomic E-state index is 13.6. The molecule has 0 spiro atoms. The fraction of sp³-hybridized carbons (Fsp3) is 0.526. The molecule has 1 aromatic carbocycles. The monoisotopic (exact) mass is 373 g/mol. The van der Waals surface area contributed by atoms with Crippen molar-refractivity contribution in [3.63, 3.8) is 0 Å². The van der Waals surface area contributed by atoms with Crippen LogP contribution in [0.5, 0.6) is 5.75 Å². The third kappa shape index (κ3) is 3.74. The Bertz CT molecular complexity index is 824. The Morgan fingerprint density at radius 1 is 1.41 bits per heavy atom. The molecule has 0 bridgehead atoms. The first-order chi connectivity index (χ1) is 12.9. The third-order valence-electron chi connectivity index (χ3n) is 5.23.